The van der Waals surface area contributed by atoms with Crippen LogP contribution in [-0.2, 0) is 4.79 Å². The fraction of sp³-hybridized carbons (Fsp3) is 0.286. The van der Waals surface area contributed by atoms with Gasteiger partial charge in [0.25, 0.3) is 0 Å². The van der Waals surface area contributed by atoms with Gasteiger partial charge in [0.2, 0.25) is 5.91 Å². The normalized spacial score (nSPS) is 9.42. The Hall–Kier alpha value is -1.49. The summed E-state index contributed by atoms with van der Waals surface area (Å²) in [7, 11) is 0. The first-order chi connectivity index (χ1) is 5.83. The highest BCUT2D eigenvalue weighted by Gasteiger charge is 1.99. The highest BCUT2D eigenvalue weighted by atomic mass is 16.1. The first kappa shape index (κ1) is 8.61. The Labute approximate surface area is 70.0 Å². The lowest BCUT2D eigenvalue weighted by atomic mass is 10.4. The number of nitrogens with zero attached hydrogens (tertiary/aromatic N) is 2. The third-order valence-corrected chi connectivity index (χ3v) is 1.21. The number of hydrogen-bond donors (Lipinski definition) is 2. The Kier molecular flexibility index (Phi) is 3.16. The maximum absolute atomic E-state index is 11.0. The molecule has 1 amide bonds. The molecule has 12 heavy (non-hydrogen) atoms. The van der Waals surface area contributed by atoms with E-state index in [2.05, 4.69) is 15.5 Å². The molecule has 0 bridgehead atoms. The molecule has 1 aromatic rings. The number of hydrogen-bond acceptors (Lipinski definition) is 4. The van der Waals surface area contributed by atoms with E-state index in [0.29, 0.717) is 18.8 Å². The number of carbonyl (C=O) groups excluding carboxylic acids is 1. The second-order valence-corrected chi connectivity index (χ2v) is 2.20. The lowest BCUT2D eigenvalue weighted by molar-refractivity contribution is -0.116. The van der Waals surface area contributed by atoms with Crippen molar-refractivity contribution < 1.29 is 4.79 Å². The lowest BCUT2D eigenvalue weighted by Gasteiger charge is -2.00. The number of nitrogens with two attached hydrogens (primary N) is 1. The first-order valence-electron chi connectivity index (χ1n) is 3.60. The van der Waals surface area contributed by atoms with Crippen LogP contribution >= 0.6 is 0 Å². The van der Waals surface area contributed by atoms with E-state index >= 15 is 0 Å². The summed E-state index contributed by atoms with van der Waals surface area (Å²) in [6, 6.07) is 3.37. The van der Waals surface area contributed by atoms with E-state index < -0.39 is 0 Å². The highest BCUT2D eigenvalue weighted by molar-refractivity contribution is 5.89. The van der Waals surface area contributed by atoms with Gasteiger partial charge in [-0.2, -0.15) is 5.10 Å². The van der Waals surface area contributed by atoms with Crippen LogP contribution in [0, 0.1) is 0 Å². The third-order valence-electron chi connectivity index (χ3n) is 1.21. The van der Waals surface area contributed by atoms with Crippen molar-refractivity contribution in [2.45, 2.75) is 6.42 Å². The van der Waals surface area contributed by atoms with Gasteiger partial charge in [0.1, 0.15) is 0 Å². The summed E-state index contributed by atoms with van der Waals surface area (Å²) in [5.74, 6) is 0.314. The second kappa shape index (κ2) is 4.40. The Balaban J connectivity index is 2.47. The minimum absolute atomic E-state index is 0.141. The molecule has 3 N–H and O–H groups in total. The van der Waals surface area contributed by atoms with Crippen molar-refractivity contribution in [1.82, 2.24) is 10.2 Å². The predicted molar refractivity (Wildman–Crippen MR) is 44.3 cm³/mol. The SMILES string of the molecule is NCCC(=O)Nc1cccnn1. The van der Waals surface area contributed by atoms with Crippen molar-refractivity contribution in [3.05, 3.63) is 18.3 Å². The van der Waals surface area contributed by atoms with Gasteiger partial charge >= 0.3 is 0 Å². The van der Waals surface area contributed by atoms with Gasteiger partial charge in [-0.3, -0.25) is 4.79 Å². The molecule has 0 spiro atoms. The Morgan fingerprint density at radius 3 is 3.08 bits per heavy atom. The molecule has 0 radical (unpaired) electrons. The zero-order valence-electron chi connectivity index (χ0n) is 6.53. The topological polar surface area (TPSA) is 80.9 Å². The molecule has 5 nitrogen and oxygen atoms in total. The summed E-state index contributed by atoms with van der Waals surface area (Å²) >= 11 is 0. The number of aromatic nitrogens is 2. The standard InChI is InChI=1S/C7H10N4O/c8-4-3-7(12)10-6-2-1-5-9-11-6/h1-2,5H,3-4,8H2,(H,10,11,12). The molecular weight excluding hydrogens is 156 g/mol. The van der Waals surface area contributed by atoms with Gasteiger partial charge in [-0.1, -0.05) is 0 Å². The van der Waals surface area contributed by atoms with Crippen LogP contribution in [-0.4, -0.2) is 22.6 Å². The van der Waals surface area contributed by atoms with Crippen LogP contribution in [0.15, 0.2) is 18.3 Å². The van der Waals surface area contributed by atoms with Gasteiger partial charge in [-0.15, -0.1) is 5.10 Å². The molecule has 0 unspecified atom stereocenters. The largest absolute Gasteiger partial charge is 0.330 e. The molecule has 0 aliphatic carbocycles. The molecule has 0 saturated carbocycles. The number of carbonyl (C=O) groups is 1. The third kappa shape index (κ3) is 2.63. The fourth-order valence-electron chi connectivity index (χ4n) is 0.705. The quantitative estimate of drug-likeness (QED) is 0.649. The van der Waals surface area contributed by atoms with Crippen LogP contribution in [0.2, 0.25) is 0 Å². The maximum Gasteiger partial charge on any atom is 0.226 e. The molecule has 1 aromatic heterocycles. The first-order valence-corrected chi connectivity index (χ1v) is 3.60. The van der Waals surface area contributed by atoms with Crippen LogP contribution < -0.4 is 11.1 Å². The summed E-state index contributed by atoms with van der Waals surface area (Å²) in [6.07, 6.45) is 1.84. The van der Waals surface area contributed by atoms with E-state index in [9.17, 15) is 4.79 Å². The Morgan fingerprint density at radius 1 is 1.67 bits per heavy atom. The van der Waals surface area contributed by atoms with Crippen LogP contribution in [0.5, 0.6) is 0 Å². The molecule has 1 heterocycles. The van der Waals surface area contributed by atoms with Crippen molar-refractivity contribution in [2.24, 2.45) is 5.73 Å². The van der Waals surface area contributed by atoms with Gasteiger partial charge in [0.05, 0.1) is 0 Å². The Morgan fingerprint density at radius 2 is 2.50 bits per heavy atom. The van der Waals surface area contributed by atoms with E-state index in [1.54, 1.807) is 18.3 Å². The van der Waals surface area contributed by atoms with Crippen molar-refractivity contribution in [1.29, 1.82) is 0 Å². The molecule has 0 fully saturated rings. The van der Waals surface area contributed by atoms with E-state index in [1.807, 2.05) is 0 Å². The molecule has 0 aliphatic rings. The number of rotatable bonds is 3. The average Bonchev–Trinajstić information content (AvgIpc) is 2.06. The molecule has 0 atom stereocenters. The summed E-state index contributed by atoms with van der Waals surface area (Å²) in [5, 5.41) is 9.83. The minimum Gasteiger partial charge on any atom is -0.330 e. The zero-order valence-corrected chi connectivity index (χ0v) is 6.53. The molecule has 5 heteroatoms. The number of nitrogens with one attached hydrogen (secondary N) is 1. The molecule has 0 aromatic carbocycles. The van der Waals surface area contributed by atoms with E-state index in [-0.39, 0.29) is 5.91 Å². The smallest absolute Gasteiger partial charge is 0.226 e. The van der Waals surface area contributed by atoms with Crippen LogP contribution in [0.25, 0.3) is 0 Å². The lowest BCUT2D eigenvalue weighted by Crippen LogP contribution is -2.16. The zero-order chi connectivity index (χ0) is 8.81. The summed E-state index contributed by atoms with van der Waals surface area (Å²) in [6.45, 7) is 0.339. The molecule has 1 rings (SSSR count). The van der Waals surface area contributed by atoms with Gasteiger partial charge in [0.15, 0.2) is 5.82 Å². The van der Waals surface area contributed by atoms with E-state index in [4.69, 9.17) is 5.73 Å². The van der Waals surface area contributed by atoms with Gasteiger partial charge in [0, 0.05) is 19.2 Å². The Bertz CT molecular complexity index is 249. The highest BCUT2D eigenvalue weighted by Crippen LogP contribution is 1.97. The predicted octanol–water partition coefficient (Wildman–Crippen LogP) is -0.236. The van der Waals surface area contributed by atoms with Crippen molar-refractivity contribution >= 4 is 11.7 Å². The maximum atomic E-state index is 11.0. The minimum atomic E-state index is -0.141. The average molecular weight is 166 g/mol. The van der Waals surface area contributed by atoms with Crippen LogP contribution in [0.3, 0.4) is 0 Å². The van der Waals surface area contributed by atoms with Crippen LogP contribution in [0.4, 0.5) is 5.82 Å². The molecule has 0 saturated heterocycles. The summed E-state index contributed by atoms with van der Waals surface area (Å²) in [4.78, 5) is 11.0. The van der Waals surface area contributed by atoms with E-state index in [0.717, 1.165) is 0 Å². The monoisotopic (exact) mass is 166 g/mol. The molecule has 64 valence electrons. The van der Waals surface area contributed by atoms with Crippen LogP contribution in [0.1, 0.15) is 6.42 Å². The van der Waals surface area contributed by atoms with Gasteiger partial charge in [-0.25, -0.2) is 0 Å². The van der Waals surface area contributed by atoms with Gasteiger partial charge in [-0.05, 0) is 12.1 Å². The second-order valence-electron chi connectivity index (χ2n) is 2.20. The van der Waals surface area contributed by atoms with E-state index in [1.165, 1.54) is 0 Å². The summed E-state index contributed by atoms with van der Waals surface area (Å²) in [5.41, 5.74) is 5.19. The van der Waals surface area contributed by atoms with Gasteiger partial charge < -0.3 is 11.1 Å². The number of amides is 1. The molecular formula is C7H10N4O. The van der Waals surface area contributed by atoms with Crippen molar-refractivity contribution in [2.75, 3.05) is 11.9 Å². The summed E-state index contributed by atoms with van der Waals surface area (Å²) < 4.78 is 0. The fourth-order valence-corrected chi connectivity index (χ4v) is 0.705. The molecule has 0 aliphatic heterocycles. The van der Waals surface area contributed by atoms with Crippen molar-refractivity contribution in [3.8, 4) is 0 Å². The number of anilines is 1. The van der Waals surface area contributed by atoms with Crippen molar-refractivity contribution in [3.63, 3.8) is 0 Å².